The molecule has 0 spiro atoms. The van der Waals surface area contributed by atoms with E-state index in [4.69, 9.17) is 9.84 Å². The monoisotopic (exact) mass is 445 g/mol. The van der Waals surface area contributed by atoms with E-state index in [2.05, 4.69) is 16.0 Å². The third-order valence-electron chi connectivity index (χ3n) is 4.75. The molecule has 174 valence electrons. The zero-order valence-electron chi connectivity index (χ0n) is 18.0. The molecule has 0 bridgehead atoms. The highest BCUT2D eigenvalue weighted by molar-refractivity contribution is 5.92. The highest BCUT2D eigenvalue weighted by Gasteiger charge is 2.17. The Balaban J connectivity index is 1.76. The number of carbonyl (C=O) groups excluding carboxylic acids is 1. The van der Waals surface area contributed by atoms with E-state index in [1.165, 1.54) is 0 Å². The van der Waals surface area contributed by atoms with Crippen molar-refractivity contribution in [1.29, 1.82) is 0 Å². The Bertz CT molecular complexity index is 831. The molecule has 1 unspecified atom stereocenters. The fraction of sp³-hybridized carbons (Fsp3) is 0.391. The molecule has 0 aliphatic rings. The first-order valence-corrected chi connectivity index (χ1v) is 10.5. The maximum Gasteiger partial charge on any atom is 0.326 e. The van der Waals surface area contributed by atoms with Crippen LogP contribution in [0, 0.1) is 0 Å². The summed E-state index contributed by atoms with van der Waals surface area (Å²) in [6, 6.07) is 14.4. The summed E-state index contributed by atoms with van der Waals surface area (Å²) in [6.45, 7) is 1.97. The van der Waals surface area contributed by atoms with Crippen molar-refractivity contribution in [3.05, 3.63) is 60.2 Å². The molecule has 0 aromatic heterocycles. The number of carboxylic acid groups (broad SMARTS) is 1. The Kier molecular flexibility index (Phi) is 10.5. The molecule has 0 fully saturated rings. The second-order valence-corrected chi connectivity index (χ2v) is 7.36. The summed E-state index contributed by atoms with van der Waals surface area (Å²) in [5, 5.41) is 36.9. The van der Waals surface area contributed by atoms with Gasteiger partial charge in [-0.25, -0.2) is 9.59 Å². The molecule has 0 heterocycles. The summed E-state index contributed by atoms with van der Waals surface area (Å²) >= 11 is 0. The zero-order chi connectivity index (χ0) is 23.3. The van der Waals surface area contributed by atoms with Gasteiger partial charge in [0.15, 0.2) is 0 Å². The first-order chi connectivity index (χ1) is 15.4. The van der Waals surface area contributed by atoms with Crippen LogP contribution in [0.3, 0.4) is 0 Å². The normalized spacial score (nSPS) is 13.6. The predicted octanol–water partition coefficient (Wildman–Crippen LogP) is 1.60. The van der Waals surface area contributed by atoms with Gasteiger partial charge in [0.05, 0.1) is 6.61 Å². The van der Waals surface area contributed by atoms with Crippen molar-refractivity contribution in [3.8, 4) is 5.75 Å². The van der Waals surface area contributed by atoms with Crippen LogP contribution in [0.2, 0.25) is 0 Å². The summed E-state index contributed by atoms with van der Waals surface area (Å²) in [4.78, 5) is 22.9. The zero-order valence-corrected chi connectivity index (χ0v) is 18.0. The van der Waals surface area contributed by atoms with Gasteiger partial charge in [-0.15, -0.1) is 0 Å². The van der Waals surface area contributed by atoms with Crippen LogP contribution in [-0.2, 0) is 11.2 Å². The number of para-hydroxylation sites is 1. The molecule has 6 N–H and O–H groups in total. The van der Waals surface area contributed by atoms with Crippen molar-refractivity contribution in [1.82, 2.24) is 10.6 Å². The fourth-order valence-corrected chi connectivity index (χ4v) is 2.94. The third kappa shape index (κ3) is 8.93. The molecular formula is C23H31N3O6. The fourth-order valence-electron chi connectivity index (χ4n) is 2.94. The van der Waals surface area contributed by atoms with Gasteiger partial charge >= 0.3 is 12.0 Å². The van der Waals surface area contributed by atoms with E-state index in [-0.39, 0.29) is 32.2 Å². The lowest BCUT2D eigenvalue weighted by Gasteiger charge is -2.19. The van der Waals surface area contributed by atoms with E-state index in [0.29, 0.717) is 17.9 Å². The van der Waals surface area contributed by atoms with Crippen LogP contribution in [0.4, 0.5) is 10.5 Å². The van der Waals surface area contributed by atoms with Crippen LogP contribution < -0.4 is 20.7 Å². The Hall–Kier alpha value is -3.14. The molecule has 3 atom stereocenters. The van der Waals surface area contributed by atoms with E-state index in [0.717, 1.165) is 5.56 Å². The van der Waals surface area contributed by atoms with Gasteiger partial charge in [0.2, 0.25) is 0 Å². The first-order valence-electron chi connectivity index (χ1n) is 10.5. The molecular weight excluding hydrogens is 414 g/mol. The number of ether oxygens (including phenoxy) is 1. The number of hydrogen-bond acceptors (Lipinski definition) is 6. The molecule has 9 nitrogen and oxygen atoms in total. The van der Waals surface area contributed by atoms with Crippen molar-refractivity contribution in [2.75, 3.05) is 25.1 Å². The minimum absolute atomic E-state index is 0.109. The van der Waals surface area contributed by atoms with Crippen molar-refractivity contribution < 1.29 is 29.6 Å². The number of benzene rings is 2. The Morgan fingerprint density at radius 3 is 2.34 bits per heavy atom. The average molecular weight is 446 g/mol. The smallest absolute Gasteiger partial charge is 0.326 e. The summed E-state index contributed by atoms with van der Waals surface area (Å²) in [5.74, 6) is -0.405. The molecule has 32 heavy (non-hydrogen) atoms. The topological polar surface area (TPSA) is 140 Å². The van der Waals surface area contributed by atoms with E-state index in [1.54, 1.807) is 19.1 Å². The molecule has 0 aliphatic heterocycles. The van der Waals surface area contributed by atoms with Crippen molar-refractivity contribution in [2.24, 2.45) is 0 Å². The molecule has 9 heteroatoms. The standard InChI is InChI=1S/C23H31N3O6/c1-2-21(22(29)30)26-23(31)25-17-10-8-16(9-11-17)12-18(14-27)24-13-19(28)15-32-20-6-4-3-5-7-20/h3-11,18-19,21,24,27-28H,2,12-15H2,1H3,(H,29,30)(H2,25,26,31)/t18-,19-,21?/m0/s1. The van der Waals surface area contributed by atoms with Crippen LogP contribution >= 0.6 is 0 Å². The number of carboxylic acids is 1. The summed E-state index contributed by atoms with van der Waals surface area (Å²) in [6.07, 6.45) is 0.0725. The SMILES string of the molecule is CCC(NC(=O)Nc1ccc(C[C@@H](CO)NC[C@H](O)COc2ccccc2)cc1)C(=O)O. The number of anilines is 1. The van der Waals surface area contributed by atoms with Gasteiger partial charge in [-0.05, 0) is 42.7 Å². The van der Waals surface area contributed by atoms with Crippen LogP contribution in [0.15, 0.2) is 54.6 Å². The minimum Gasteiger partial charge on any atom is -0.491 e. The lowest BCUT2D eigenvalue weighted by molar-refractivity contribution is -0.139. The minimum atomic E-state index is -1.09. The first kappa shape index (κ1) is 25.1. The Morgan fingerprint density at radius 2 is 1.75 bits per heavy atom. The molecule has 0 saturated heterocycles. The van der Waals surface area contributed by atoms with E-state index in [9.17, 15) is 19.8 Å². The number of rotatable bonds is 13. The highest BCUT2D eigenvalue weighted by Crippen LogP contribution is 2.12. The third-order valence-corrected chi connectivity index (χ3v) is 4.75. The van der Waals surface area contributed by atoms with Gasteiger partial charge in [-0.1, -0.05) is 37.3 Å². The van der Waals surface area contributed by atoms with Crippen molar-refractivity contribution in [3.63, 3.8) is 0 Å². The Morgan fingerprint density at radius 1 is 1.06 bits per heavy atom. The average Bonchev–Trinajstić information content (AvgIpc) is 2.80. The van der Waals surface area contributed by atoms with E-state index in [1.807, 2.05) is 42.5 Å². The molecule has 0 radical (unpaired) electrons. The second kappa shape index (κ2) is 13.3. The number of urea groups is 1. The van der Waals surface area contributed by atoms with Gasteiger partial charge in [0.1, 0.15) is 24.5 Å². The maximum absolute atomic E-state index is 11.9. The molecule has 0 saturated carbocycles. The molecule has 2 rings (SSSR count). The van der Waals surface area contributed by atoms with E-state index >= 15 is 0 Å². The van der Waals surface area contributed by atoms with Gasteiger partial charge in [-0.3, -0.25) is 0 Å². The summed E-state index contributed by atoms with van der Waals surface area (Å²) in [5.41, 5.74) is 1.45. The number of nitrogens with one attached hydrogen (secondary N) is 3. The molecule has 2 aromatic carbocycles. The van der Waals surface area contributed by atoms with Crippen LogP contribution in [0.25, 0.3) is 0 Å². The largest absolute Gasteiger partial charge is 0.491 e. The number of carbonyl (C=O) groups is 2. The highest BCUT2D eigenvalue weighted by atomic mass is 16.5. The van der Waals surface area contributed by atoms with Gasteiger partial charge in [0.25, 0.3) is 0 Å². The predicted molar refractivity (Wildman–Crippen MR) is 121 cm³/mol. The number of aliphatic hydroxyl groups excluding tert-OH is 2. The summed E-state index contributed by atoms with van der Waals surface area (Å²) < 4.78 is 5.52. The van der Waals surface area contributed by atoms with Gasteiger partial charge < -0.3 is 36.0 Å². The van der Waals surface area contributed by atoms with Crippen LogP contribution in [-0.4, -0.2) is 65.3 Å². The van der Waals surface area contributed by atoms with E-state index < -0.39 is 24.1 Å². The number of hydrogen-bond donors (Lipinski definition) is 6. The van der Waals surface area contributed by atoms with Crippen LogP contribution in [0.5, 0.6) is 5.75 Å². The number of amides is 2. The number of aliphatic carboxylic acids is 1. The van der Waals surface area contributed by atoms with Crippen molar-refractivity contribution in [2.45, 2.75) is 38.0 Å². The van der Waals surface area contributed by atoms with Gasteiger partial charge in [-0.2, -0.15) is 0 Å². The molecule has 2 amide bonds. The molecule has 2 aromatic rings. The maximum atomic E-state index is 11.9. The second-order valence-electron chi connectivity index (χ2n) is 7.36. The lowest BCUT2D eigenvalue weighted by Crippen LogP contribution is -2.42. The van der Waals surface area contributed by atoms with Gasteiger partial charge in [0, 0.05) is 18.3 Å². The van der Waals surface area contributed by atoms with Crippen LogP contribution in [0.1, 0.15) is 18.9 Å². The molecule has 0 aliphatic carbocycles. The van der Waals surface area contributed by atoms with Crippen molar-refractivity contribution >= 4 is 17.7 Å². The number of aliphatic hydroxyl groups is 2. The quantitative estimate of drug-likeness (QED) is 0.275. The summed E-state index contributed by atoms with van der Waals surface area (Å²) in [7, 11) is 0. The lowest BCUT2D eigenvalue weighted by atomic mass is 10.1. The Labute approximate surface area is 187 Å².